The highest BCUT2D eigenvalue weighted by molar-refractivity contribution is 7.97. The molecular formula is C15H15ClN2O2S. The molecule has 0 aliphatic carbocycles. The Morgan fingerprint density at radius 2 is 2.05 bits per heavy atom. The minimum absolute atomic E-state index is 0.104. The van der Waals surface area contributed by atoms with Crippen molar-refractivity contribution in [1.29, 1.82) is 0 Å². The molecule has 1 aromatic heterocycles. The third-order valence-corrected chi connectivity index (χ3v) is 3.90. The number of carbonyl (C=O) groups excluding carboxylic acids is 1. The first-order valence-electron chi connectivity index (χ1n) is 6.32. The van der Waals surface area contributed by atoms with Gasteiger partial charge in [-0.05, 0) is 29.3 Å². The maximum atomic E-state index is 10.7. The van der Waals surface area contributed by atoms with Crippen LogP contribution in [0.1, 0.15) is 11.1 Å². The van der Waals surface area contributed by atoms with Gasteiger partial charge in [0, 0.05) is 17.7 Å². The van der Waals surface area contributed by atoms with E-state index in [0.717, 1.165) is 22.6 Å². The van der Waals surface area contributed by atoms with Crippen molar-refractivity contribution in [3.8, 4) is 5.75 Å². The summed E-state index contributed by atoms with van der Waals surface area (Å²) in [6.45, 7) is -0.104. The number of thioether (sulfide) groups is 1. The summed E-state index contributed by atoms with van der Waals surface area (Å²) in [7, 11) is 0. The number of ether oxygens (including phenoxy) is 1. The van der Waals surface area contributed by atoms with Gasteiger partial charge in [-0.15, -0.1) is 0 Å². The molecule has 6 heteroatoms. The number of nitrogens with zero attached hydrogens (tertiary/aromatic N) is 1. The number of hydrogen-bond acceptors (Lipinski definition) is 4. The minimum atomic E-state index is -0.481. The highest BCUT2D eigenvalue weighted by atomic mass is 35.5. The highest BCUT2D eigenvalue weighted by Gasteiger charge is 2.01. The number of amides is 1. The zero-order chi connectivity index (χ0) is 15.1. The monoisotopic (exact) mass is 322 g/mol. The van der Waals surface area contributed by atoms with Crippen LogP contribution in [0.4, 0.5) is 0 Å². The topological polar surface area (TPSA) is 65.2 Å². The highest BCUT2D eigenvalue weighted by Crippen LogP contribution is 2.21. The lowest BCUT2D eigenvalue weighted by atomic mass is 10.2. The van der Waals surface area contributed by atoms with Crippen LogP contribution in [0.2, 0.25) is 5.15 Å². The number of pyridine rings is 1. The first-order valence-corrected chi connectivity index (χ1v) is 7.85. The molecule has 0 saturated carbocycles. The largest absolute Gasteiger partial charge is 0.484 e. The van der Waals surface area contributed by atoms with E-state index in [1.807, 2.05) is 24.3 Å². The lowest BCUT2D eigenvalue weighted by Crippen LogP contribution is -2.20. The van der Waals surface area contributed by atoms with Crippen molar-refractivity contribution < 1.29 is 9.53 Å². The van der Waals surface area contributed by atoms with Crippen LogP contribution in [0.5, 0.6) is 5.75 Å². The fraction of sp³-hybridized carbons (Fsp3) is 0.200. The first-order chi connectivity index (χ1) is 10.1. The van der Waals surface area contributed by atoms with Crippen LogP contribution >= 0.6 is 23.4 Å². The Kier molecular flexibility index (Phi) is 5.90. The summed E-state index contributed by atoms with van der Waals surface area (Å²) in [5.74, 6) is 1.87. The predicted molar refractivity (Wildman–Crippen MR) is 85.4 cm³/mol. The summed E-state index contributed by atoms with van der Waals surface area (Å²) >= 11 is 7.51. The molecule has 2 aromatic rings. The second-order valence-electron chi connectivity index (χ2n) is 4.38. The minimum Gasteiger partial charge on any atom is -0.484 e. The normalized spacial score (nSPS) is 10.3. The van der Waals surface area contributed by atoms with Crippen molar-refractivity contribution in [2.24, 2.45) is 5.73 Å². The molecule has 110 valence electrons. The van der Waals surface area contributed by atoms with E-state index >= 15 is 0 Å². The van der Waals surface area contributed by atoms with Gasteiger partial charge in [0.25, 0.3) is 5.91 Å². The Morgan fingerprint density at radius 3 is 2.76 bits per heavy atom. The Hall–Kier alpha value is -1.72. The van der Waals surface area contributed by atoms with Crippen molar-refractivity contribution in [3.05, 3.63) is 58.9 Å². The summed E-state index contributed by atoms with van der Waals surface area (Å²) in [6, 6.07) is 11.4. The van der Waals surface area contributed by atoms with Gasteiger partial charge in [0.15, 0.2) is 6.61 Å². The molecule has 2 N–H and O–H groups in total. The Morgan fingerprint density at radius 1 is 1.24 bits per heavy atom. The Balaban J connectivity index is 1.83. The number of primary amides is 1. The number of carbonyl (C=O) groups is 1. The molecule has 0 saturated heterocycles. The molecule has 0 unspecified atom stereocenters. The van der Waals surface area contributed by atoms with E-state index in [4.69, 9.17) is 22.1 Å². The number of benzene rings is 1. The summed E-state index contributed by atoms with van der Waals surface area (Å²) in [5.41, 5.74) is 7.31. The third kappa shape index (κ3) is 5.65. The molecule has 2 rings (SSSR count). The van der Waals surface area contributed by atoms with Gasteiger partial charge in [0.2, 0.25) is 0 Å². The molecule has 0 radical (unpaired) electrons. The first kappa shape index (κ1) is 15.7. The van der Waals surface area contributed by atoms with Gasteiger partial charge in [-0.1, -0.05) is 29.8 Å². The number of aromatic nitrogens is 1. The second-order valence-corrected chi connectivity index (χ2v) is 5.76. The van der Waals surface area contributed by atoms with Crippen LogP contribution in [0, 0.1) is 0 Å². The molecule has 0 bridgehead atoms. The second kappa shape index (κ2) is 7.90. The van der Waals surface area contributed by atoms with E-state index in [0.29, 0.717) is 10.9 Å². The summed E-state index contributed by atoms with van der Waals surface area (Å²) in [6.07, 6.45) is 1.78. The summed E-state index contributed by atoms with van der Waals surface area (Å²) in [5, 5.41) is 0.503. The summed E-state index contributed by atoms with van der Waals surface area (Å²) < 4.78 is 5.28. The van der Waals surface area contributed by atoms with Gasteiger partial charge >= 0.3 is 0 Å². The van der Waals surface area contributed by atoms with Crippen molar-refractivity contribution in [1.82, 2.24) is 4.98 Å². The van der Waals surface area contributed by atoms with E-state index < -0.39 is 5.91 Å². The third-order valence-electron chi connectivity index (χ3n) is 2.61. The fourth-order valence-electron chi connectivity index (χ4n) is 1.66. The van der Waals surface area contributed by atoms with E-state index in [-0.39, 0.29) is 6.61 Å². The van der Waals surface area contributed by atoms with Crippen molar-refractivity contribution >= 4 is 29.3 Å². The lowest BCUT2D eigenvalue weighted by molar-refractivity contribution is -0.119. The van der Waals surface area contributed by atoms with Gasteiger partial charge in [-0.2, -0.15) is 11.8 Å². The Bertz CT molecular complexity index is 605. The number of rotatable bonds is 7. The Labute approximate surface area is 132 Å². The van der Waals surface area contributed by atoms with E-state index in [9.17, 15) is 4.79 Å². The molecule has 21 heavy (non-hydrogen) atoms. The SMILES string of the molecule is NC(=O)COc1cccc(CSCc2ccc(Cl)nc2)c1. The average molecular weight is 323 g/mol. The van der Waals surface area contributed by atoms with Crippen molar-refractivity contribution in [2.75, 3.05) is 6.61 Å². The zero-order valence-electron chi connectivity index (χ0n) is 11.3. The average Bonchev–Trinajstić information content (AvgIpc) is 2.48. The van der Waals surface area contributed by atoms with E-state index in [2.05, 4.69) is 4.98 Å². The van der Waals surface area contributed by atoms with Crippen LogP contribution in [-0.2, 0) is 16.3 Å². The molecule has 0 spiro atoms. The molecule has 0 atom stereocenters. The van der Waals surface area contributed by atoms with Crippen LogP contribution < -0.4 is 10.5 Å². The molecule has 1 amide bonds. The van der Waals surface area contributed by atoms with Gasteiger partial charge in [0.1, 0.15) is 10.9 Å². The van der Waals surface area contributed by atoms with Crippen molar-refractivity contribution in [3.63, 3.8) is 0 Å². The van der Waals surface area contributed by atoms with Gasteiger partial charge in [-0.3, -0.25) is 4.79 Å². The smallest absolute Gasteiger partial charge is 0.255 e. The van der Waals surface area contributed by atoms with Crippen LogP contribution in [-0.4, -0.2) is 17.5 Å². The molecule has 0 aliphatic rings. The number of nitrogens with two attached hydrogens (primary N) is 1. The lowest BCUT2D eigenvalue weighted by Gasteiger charge is -2.06. The van der Waals surface area contributed by atoms with Crippen LogP contribution in [0.3, 0.4) is 0 Å². The molecule has 1 aromatic carbocycles. The molecule has 4 nitrogen and oxygen atoms in total. The maximum Gasteiger partial charge on any atom is 0.255 e. The zero-order valence-corrected chi connectivity index (χ0v) is 12.9. The quantitative estimate of drug-likeness (QED) is 0.796. The maximum absolute atomic E-state index is 10.7. The molecule has 1 heterocycles. The number of hydrogen-bond donors (Lipinski definition) is 1. The predicted octanol–water partition coefficient (Wildman–Crippen LogP) is 3.03. The molecule has 0 aliphatic heterocycles. The van der Waals surface area contributed by atoms with Gasteiger partial charge in [0.05, 0.1) is 0 Å². The van der Waals surface area contributed by atoms with Gasteiger partial charge in [-0.25, -0.2) is 4.98 Å². The van der Waals surface area contributed by atoms with Gasteiger partial charge < -0.3 is 10.5 Å². The number of halogens is 1. The fourth-order valence-corrected chi connectivity index (χ4v) is 2.69. The van der Waals surface area contributed by atoms with E-state index in [1.165, 1.54) is 0 Å². The summed E-state index contributed by atoms with van der Waals surface area (Å²) in [4.78, 5) is 14.7. The van der Waals surface area contributed by atoms with E-state index in [1.54, 1.807) is 30.1 Å². The standard InChI is InChI=1S/C15H15ClN2O2S/c16-14-5-4-12(7-18-14)10-21-9-11-2-1-3-13(6-11)20-8-15(17)19/h1-7H,8-10H2,(H2,17,19). The van der Waals surface area contributed by atoms with Crippen LogP contribution in [0.15, 0.2) is 42.6 Å². The van der Waals surface area contributed by atoms with Crippen molar-refractivity contribution in [2.45, 2.75) is 11.5 Å². The molecule has 0 fully saturated rings. The molecular weight excluding hydrogens is 308 g/mol. The van der Waals surface area contributed by atoms with Crippen LogP contribution in [0.25, 0.3) is 0 Å².